The van der Waals surface area contributed by atoms with Crippen molar-refractivity contribution in [2.75, 3.05) is 11.9 Å². The van der Waals surface area contributed by atoms with Crippen LogP contribution in [0, 0.1) is 0 Å². The van der Waals surface area contributed by atoms with E-state index in [9.17, 15) is 9.59 Å². The molecule has 160 valence electrons. The molecule has 2 amide bonds. The van der Waals surface area contributed by atoms with Gasteiger partial charge in [0.1, 0.15) is 6.04 Å². The number of hydrogen-bond donors (Lipinski definition) is 2. The molecule has 2 N–H and O–H groups in total. The van der Waals surface area contributed by atoms with Crippen LogP contribution in [0.3, 0.4) is 0 Å². The van der Waals surface area contributed by atoms with Gasteiger partial charge < -0.3 is 10.1 Å². The maximum absolute atomic E-state index is 13.2. The number of aromatic amines is 1. The Morgan fingerprint density at radius 3 is 2.41 bits per heavy atom. The molecule has 0 saturated heterocycles. The third-order valence-electron chi connectivity index (χ3n) is 6.32. The lowest BCUT2D eigenvalue weighted by atomic mass is 10.1. The Labute approximate surface area is 185 Å². The van der Waals surface area contributed by atoms with Crippen LogP contribution in [0.25, 0.3) is 11.1 Å². The molecule has 32 heavy (non-hydrogen) atoms. The molecular formula is C25H22N4O3. The van der Waals surface area contributed by atoms with Crippen LogP contribution in [-0.2, 0) is 9.53 Å². The summed E-state index contributed by atoms with van der Waals surface area (Å²) in [5, 5.41) is 9.97. The number of hydrogen-bond acceptors (Lipinski definition) is 4. The van der Waals surface area contributed by atoms with Crippen molar-refractivity contribution >= 4 is 17.8 Å². The molecule has 2 aliphatic carbocycles. The molecule has 0 radical (unpaired) electrons. The van der Waals surface area contributed by atoms with Crippen molar-refractivity contribution < 1.29 is 14.3 Å². The number of fused-ring (bicyclic) bond motifs is 3. The van der Waals surface area contributed by atoms with Crippen LogP contribution >= 0.6 is 0 Å². The van der Waals surface area contributed by atoms with Crippen LogP contribution in [0.5, 0.6) is 0 Å². The van der Waals surface area contributed by atoms with E-state index >= 15 is 0 Å². The average molecular weight is 426 g/mol. The Morgan fingerprint density at radius 1 is 1.03 bits per heavy atom. The summed E-state index contributed by atoms with van der Waals surface area (Å²) in [6, 6.07) is 17.0. The first-order valence-electron chi connectivity index (χ1n) is 10.9. The van der Waals surface area contributed by atoms with E-state index < -0.39 is 18.2 Å². The largest absolute Gasteiger partial charge is 0.436 e. The standard InChI is InChI=1S/C25H22N4O3/c30-24(26-22-14-20(27-28-22)15-11-12-15)21-10-5-13-29(21)25(31)32-23-18-8-3-1-6-16(18)17-7-2-4-9-19(17)23/h1-10,14-15,21,23H,11-13H2,(H2,26,27,28,30)/t21-/m0/s1. The first-order valence-corrected chi connectivity index (χ1v) is 10.9. The van der Waals surface area contributed by atoms with E-state index in [1.807, 2.05) is 60.7 Å². The van der Waals surface area contributed by atoms with Crippen LogP contribution in [-0.4, -0.2) is 39.7 Å². The number of benzene rings is 2. The number of carbonyl (C=O) groups is 2. The van der Waals surface area contributed by atoms with Gasteiger partial charge in [-0.3, -0.25) is 14.8 Å². The van der Waals surface area contributed by atoms with Crippen molar-refractivity contribution in [3.63, 3.8) is 0 Å². The number of aromatic nitrogens is 2. The zero-order chi connectivity index (χ0) is 21.7. The minimum Gasteiger partial charge on any atom is -0.436 e. The molecule has 0 unspecified atom stereocenters. The lowest BCUT2D eigenvalue weighted by molar-refractivity contribution is -0.119. The predicted octanol–water partition coefficient (Wildman–Crippen LogP) is 4.37. The van der Waals surface area contributed by atoms with Crippen LogP contribution in [0.1, 0.15) is 41.7 Å². The highest BCUT2D eigenvalue weighted by atomic mass is 16.6. The first kappa shape index (κ1) is 18.9. The highest BCUT2D eigenvalue weighted by molar-refractivity contribution is 5.98. The normalized spacial score (nSPS) is 19.0. The number of nitrogens with zero attached hydrogens (tertiary/aromatic N) is 2. The molecule has 2 heterocycles. The van der Waals surface area contributed by atoms with E-state index in [1.54, 1.807) is 6.08 Å². The summed E-state index contributed by atoms with van der Waals surface area (Å²) in [6.07, 6.45) is 4.81. The summed E-state index contributed by atoms with van der Waals surface area (Å²) in [4.78, 5) is 27.5. The maximum Gasteiger partial charge on any atom is 0.411 e. The number of nitrogens with one attached hydrogen (secondary N) is 2. The van der Waals surface area contributed by atoms with Gasteiger partial charge in [0.2, 0.25) is 0 Å². The summed E-state index contributed by atoms with van der Waals surface area (Å²) in [7, 11) is 0. The van der Waals surface area contributed by atoms with Crippen LogP contribution in [0.4, 0.5) is 10.6 Å². The van der Waals surface area contributed by atoms with Crippen molar-refractivity contribution in [2.24, 2.45) is 0 Å². The van der Waals surface area contributed by atoms with E-state index in [4.69, 9.17) is 4.74 Å². The van der Waals surface area contributed by atoms with E-state index in [2.05, 4.69) is 15.5 Å². The Morgan fingerprint density at radius 2 is 1.72 bits per heavy atom. The molecule has 7 nitrogen and oxygen atoms in total. The number of amides is 2. The minimum absolute atomic E-state index is 0.309. The molecule has 1 aromatic heterocycles. The zero-order valence-electron chi connectivity index (χ0n) is 17.3. The second kappa shape index (κ2) is 7.37. The molecule has 0 spiro atoms. The van der Waals surface area contributed by atoms with Gasteiger partial charge in [-0.2, -0.15) is 5.10 Å². The fourth-order valence-electron chi connectivity index (χ4n) is 4.55. The van der Waals surface area contributed by atoms with E-state index in [1.165, 1.54) is 4.90 Å². The molecule has 1 atom stereocenters. The van der Waals surface area contributed by atoms with Crippen molar-refractivity contribution in [3.05, 3.63) is 83.6 Å². The second-order valence-corrected chi connectivity index (χ2v) is 8.44. The molecule has 6 rings (SSSR count). The third-order valence-corrected chi connectivity index (χ3v) is 6.32. The predicted molar refractivity (Wildman–Crippen MR) is 119 cm³/mol. The van der Waals surface area contributed by atoms with Gasteiger partial charge in [0.15, 0.2) is 11.9 Å². The van der Waals surface area contributed by atoms with Gasteiger partial charge in [0.25, 0.3) is 5.91 Å². The number of rotatable bonds is 4. The molecule has 1 saturated carbocycles. The van der Waals surface area contributed by atoms with Gasteiger partial charge >= 0.3 is 6.09 Å². The molecule has 3 aliphatic rings. The van der Waals surface area contributed by atoms with E-state index in [0.29, 0.717) is 18.3 Å². The van der Waals surface area contributed by atoms with Gasteiger partial charge in [0.05, 0.1) is 0 Å². The fraction of sp³-hybridized carbons (Fsp3) is 0.240. The third kappa shape index (κ3) is 3.17. The van der Waals surface area contributed by atoms with Gasteiger partial charge in [-0.1, -0.05) is 60.7 Å². The van der Waals surface area contributed by atoms with E-state index in [-0.39, 0.29) is 5.91 Å². The summed E-state index contributed by atoms with van der Waals surface area (Å²) >= 11 is 0. The first-order chi connectivity index (χ1) is 15.7. The molecule has 1 fully saturated rings. The molecule has 0 bridgehead atoms. The summed E-state index contributed by atoms with van der Waals surface area (Å²) in [6.45, 7) is 0.320. The Bertz CT molecular complexity index is 1200. The molecule has 2 aromatic carbocycles. The molecular weight excluding hydrogens is 404 g/mol. The Hall–Kier alpha value is -3.87. The van der Waals surface area contributed by atoms with Crippen molar-refractivity contribution in [1.82, 2.24) is 15.1 Å². The van der Waals surface area contributed by atoms with Crippen LogP contribution in [0.15, 0.2) is 66.7 Å². The summed E-state index contributed by atoms with van der Waals surface area (Å²) in [5.74, 6) is 0.684. The fourth-order valence-corrected chi connectivity index (χ4v) is 4.55. The number of anilines is 1. The van der Waals surface area contributed by atoms with Crippen LogP contribution < -0.4 is 5.32 Å². The lowest BCUT2D eigenvalue weighted by Crippen LogP contribution is -2.44. The zero-order valence-corrected chi connectivity index (χ0v) is 17.3. The molecule has 7 heteroatoms. The van der Waals surface area contributed by atoms with Gasteiger partial charge in [-0.25, -0.2) is 4.79 Å². The maximum atomic E-state index is 13.2. The van der Waals surface area contributed by atoms with Crippen LogP contribution in [0.2, 0.25) is 0 Å². The minimum atomic E-state index is -0.740. The van der Waals surface area contributed by atoms with Gasteiger partial charge in [-0.05, 0) is 24.0 Å². The van der Waals surface area contributed by atoms with Gasteiger partial charge in [-0.15, -0.1) is 0 Å². The smallest absolute Gasteiger partial charge is 0.411 e. The lowest BCUT2D eigenvalue weighted by Gasteiger charge is -2.25. The number of ether oxygens (including phenoxy) is 1. The quantitative estimate of drug-likeness (QED) is 0.607. The Kier molecular flexibility index (Phi) is 4.35. The highest BCUT2D eigenvalue weighted by Crippen LogP contribution is 2.45. The number of carbonyl (C=O) groups excluding carboxylic acids is 2. The van der Waals surface area contributed by atoms with Crippen molar-refractivity contribution in [2.45, 2.75) is 30.9 Å². The van der Waals surface area contributed by atoms with E-state index in [0.717, 1.165) is 40.8 Å². The summed E-state index contributed by atoms with van der Waals surface area (Å²) < 4.78 is 5.97. The van der Waals surface area contributed by atoms with Crippen molar-refractivity contribution in [1.29, 1.82) is 0 Å². The highest BCUT2D eigenvalue weighted by Gasteiger charge is 2.37. The monoisotopic (exact) mass is 426 g/mol. The average Bonchev–Trinajstić information content (AvgIpc) is 3.23. The topological polar surface area (TPSA) is 87.3 Å². The molecule has 3 aromatic rings. The SMILES string of the molecule is O=C(Nc1cc(C2CC2)[nH]n1)[C@@H]1C=CCN1C(=O)OC1c2ccccc2-c2ccccc21. The summed E-state index contributed by atoms with van der Waals surface area (Å²) in [5.41, 5.74) is 5.09. The Balaban J connectivity index is 1.19. The second-order valence-electron chi connectivity index (χ2n) is 8.44. The van der Waals surface area contributed by atoms with Gasteiger partial charge in [0, 0.05) is 35.3 Å². The number of H-pyrrole nitrogens is 1. The van der Waals surface area contributed by atoms with Crippen molar-refractivity contribution in [3.8, 4) is 11.1 Å². The molecule has 1 aliphatic heterocycles.